The molecule has 1 aromatic rings. The Balaban J connectivity index is 2.21. The van der Waals surface area contributed by atoms with Crippen LogP contribution in [-0.2, 0) is 0 Å². The van der Waals surface area contributed by atoms with Gasteiger partial charge in [0.1, 0.15) is 6.10 Å². The third-order valence-electron chi connectivity index (χ3n) is 1.90. The van der Waals surface area contributed by atoms with Crippen LogP contribution < -0.4 is 10.3 Å². The van der Waals surface area contributed by atoms with Crippen molar-refractivity contribution in [1.82, 2.24) is 4.98 Å². The van der Waals surface area contributed by atoms with Crippen molar-refractivity contribution in [3.8, 4) is 5.88 Å². The largest absolute Gasteiger partial charge is 0.508 e. The summed E-state index contributed by atoms with van der Waals surface area (Å²) in [6, 6.07) is 2.32. The lowest BCUT2D eigenvalue weighted by Crippen LogP contribution is -2.33. The van der Waals surface area contributed by atoms with Gasteiger partial charge in [0.2, 0.25) is 5.88 Å². The number of halogens is 1. The topological polar surface area (TPSA) is 62.6 Å². The maximum Gasteiger partial charge on any atom is 0.508 e. The summed E-state index contributed by atoms with van der Waals surface area (Å²) >= 11 is 0. The third-order valence-corrected chi connectivity index (χ3v) is 1.90. The predicted octanol–water partition coefficient (Wildman–Crippen LogP) is -0.558. The molecule has 1 aliphatic carbocycles. The van der Waals surface area contributed by atoms with Crippen LogP contribution in [0.15, 0.2) is 12.1 Å². The highest BCUT2D eigenvalue weighted by Crippen LogP contribution is 2.26. The molecule has 0 radical (unpaired) electrons. The first-order valence-corrected chi connectivity index (χ1v) is 4.36. The second-order valence-corrected chi connectivity index (χ2v) is 3.21. The fourth-order valence-electron chi connectivity index (χ4n) is 1.01. The van der Waals surface area contributed by atoms with E-state index in [9.17, 15) is 4.39 Å². The molecular formula is C8H9BFNO3. The van der Waals surface area contributed by atoms with E-state index in [4.69, 9.17) is 14.8 Å². The standard InChI is InChI=1S/C8H9BFNO3/c10-6-3-4-7(9(12)13)11-8(6)14-5-1-2-5/h3-5,12-13H,1-2H2. The maximum atomic E-state index is 13.1. The molecule has 0 bridgehead atoms. The van der Waals surface area contributed by atoms with Crippen molar-refractivity contribution in [2.45, 2.75) is 18.9 Å². The van der Waals surface area contributed by atoms with Crippen LogP contribution in [0.5, 0.6) is 5.88 Å². The van der Waals surface area contributed by atoms with E-state index in [-0.39, 0.29) is 17.6 Å². The molecule has 0 amide bonds. The molecule has 1 aliphatic rings. The van der Waals surface area contributed by atoms with Crippen LogP contribution in [0.1, 0.15) is 12.8 Å². The van der Waals surface area contributed by atoms with Gasteiger partial charge in [0, 0.05) is 0 Å². The van der Waals surface area contributed by atoms with Crippen LogP contribution in [-0.4, -0.2) is 28.3 Å². The molecule has 0 aromatic carbocycles. The van der Waals surface area contributed by atoms with Gasteiger partial charge in [-0.3, -0.25) is 0 Å². The van der Waals surface area contributed by atoms with E-state index >= 15 is 0 Å². The molecule has 1 fully saturated rings. The Morgan fingerprint density at radius 1 is 1.43 bits per heavy atom. The highest BCUT2D eigenvalue weighted by atomic mass is 19.1. The number of pyridine rings is 1. The van der Waals surface area contributed by atoms with E-state index in [0.717, 1.165) is 18.9 Å². The molecule has 74 valence electrons. The van der Waals surface area contributed by atoms with Gasteiger partial charge in [-0.05, 0) is 25.0 Å². The summed E-state index contributed by atoms with van der Waals surface area (Å²) in [4.78, 5) is 3.65. The zero-order valence-electron chi connectivity index (χ0n) is 7.35. The van der Waals surface area contributed by atoms with Crippen molar-refractivity contribution >= 4 is 12.7 Å². The van der Waals surface area contributed by atoms with Crippen LogP contribution in [0.25, 0.3) is 0 Å². The minimum atomic E-state index is -1.70. The summed E-state index contributed by atoms with van der Waals surface area (Å²) in [6.45, 7) is 0. The third kappa shape index (κ3) is 2.02. The molecule has 1 saturated carbocycles. The summed E-state index contributed by atoms with van der Waals surface area (Å²) in [7, 11) is -1.70. The fourth-order valence-corrected chi connectivity index (χ4v) is 1.01. The van der Waals surface area contributed by atoms with E-state index in [1.807, 2.05) is 0 Å². The molecule has 0 aliphatic heterocycles. The molecular weight excluding hydrogens is 188 g/mol. The van der Waals surface area contributed by atoms with Gasteiger partial charge >= 0.3 is 7.12 Å². The van der Waals surface area contributed by atoms with Gasteiger partial charge in [-0.1, -0.05) is 0 Å². The van der Waals surface area contributed by atoms with Gasteiger partial charge in [0.25, 0.3) is 0 Å². The molecule has 4 nitrogen and oxygen atoms in total. The highest BCUT2D eigenvalue weighted by molar-refractivity contribution is 6.57. The maximum absolute atomic E-state index is 13.1. The van der Waals surface area contributed by atoms with Crippen molar-refractivity contribution in [2.24, 2.45) is 0 Å². The summed E-state index contributed by atoms with van der Waals surface area (Å²) in [5.41, 5.74) is -0.0120. The quantitative estimate of drug-likeness (QED) is 0.637. The lowest BCUT2D eigenvalue weighted by Gasteiger charge is -2.06. The number of ether oxygens (including phenoxy) is 1. The molecule has 0 atom stereocenters. The Hall–Kier alpha value is -1.14. The molecule has 0 spiro atoms. The van der Waals surface area contributed by atoms with E-state index in [0.29, 0.717) is 0 Å². The molecule has 1 aromatic heterocycles. The molecule has 2 rings (SSSR count). The number of rotatable bonds is 3. The van der Waals surface area contributed by atoms with E-state index in [1.165, 1.54) is 6.07 Å². The Morgan fingerprint density at radius 3 is 2.71 bits per heavy atom. The first-order valence-electron chi connectivity index (χ1n) is 4.36. The highest BCUT2D eigenvalue weighted by Gasteiger charge is 2.26. The van der Waals surface area contributed by atoms with Crippen LogP contribution in [0, 0.1) is 5.82 Å². The second-order valence-electron chi connectivity index (χ2n) is 3.21. The molecule has 0 saturated heterocycles. The summed E-state index contributed by atoms with van der Waals surface area (Å²) in [5.74, 6) is -0.737. The molecule has 14 heavy (non-hydrogen) atoms. The van der Waals surface area contributed by atoms with Gasteiger partial charge in [0.15, 0.2) is 5.82 Å². The van der Waals surface area contributed by atoms with Crippen molar-refractivity contribution < 1.29 is 19.2 Å². The van der Waals surface area contributed by atoms with E-state index < -0.39 is 12.9 Å². The SMILES string of the molecule is OB(O)c1ccc(F)c(OC2CC2)n1. The van der Waals surface area contributed by atoms with Crippen molar-refractivity contribution in [3.63, 3.8) is 0 Å². The van der Waals surface area contributed by atoms with Gasteiger partial charge in [-0.15, -0.1) is 0 Å². The molecule has 2 N–H and O–H groups in total. The monoisotopic (exact) mass is 197 g/mol. The Kier molecular flexibility index (Phi) is 2.39. The molecule has 1 heterocycles. The van der Waals surface area contributed by atoms with Gasteiger partial charge < -0.3 is 14.8 Å². The lowest BCUT2D eigenvalue weighted by molar-refractivity contribution is 0.275. The Bertz CT molecular complexity index is 343. The number of nitrogens with zero attached hydrogens (tertiary/aromatic N) is 1. The zero-order chi connectivity index (χ0) is 10.1. The fraction of sp³-hybridized carbons (Fsp3) is 0.375. The van der Waals surface area contributed by atoms with Crippen LogP contribution in [0.4, 0.5) is 4.39 Å². The number of aromatic nitrogens is 1. The minimum absolute atomic E-state index is 0.0120. The Labute approximate surface area is 80.5 Å². The van der Waals surface area contributed by atoms with Crippen molar-refractivity contribution in [2.75, 3.05) is 0 Å². The summed E-state index contributed by atoms with van der Waals surface area (Å²) in [5, 5.41) is 17.6. The number of hydrogen-bond acceptors (Lipinski definition) is 4. The molecule has 6 heteroatoms. The lowest BCUT2D eigenvalue weighted by atomic mass is 9.86. The van der Waals surface area contributed by atoms with Crippen LogP contribution in [0.2, 0.25) is 0 Å². The summed E-state index contributed by atoms with van der Waals surface area (Å²) in [6.07, 6.45) is 1.82. The smallest absolute Gasteiger partial charge is 0.472 e. The van der Waals surface area contributed by atoms with Crippen LogP contribution in [0.3, 0.4) is 0 Å². The molecule has 0 unspecified atom stereocenters. The van der Waals surface area contributed by atoms with Gasteiger partial charge in [0.05, 0.1) is 5.59 Å². The minimum Gasteiger partial charge on any atom is -0.472 e. The van der Waals surface area contributed by atoms with E-state index in [1.54, 1.807) is 0 Å². The van der Waals surface area contributed by atoms with Crippen molar-refractivity contribution in [3.05, 3.63) is 17.9 Å². The van der Waals surface area contributed by atoms with E-state index in [2.05, 4.69) is 4.98 Å². The van der Waals surface area contributed by atoms with Crippen LogP contribution >= 0.6 is 0 Å². The second kappa shape index (κ2) is 3.55. The normalized spacial score (nSPS) is 15.4. The average molecular weight is 197 g/mol. The predicted molar refractivity (Wildman–Crippen MR) is 47.7 cm³/mol. The first kappa shape index (κ1) is 9.42. The zero-order valence-corrected chi connectivity index (χ0v) is 7.35. The van der Waals surface area contributed by atoms with Gasteiger partial charge in [-0.25, -0.2) is 9.37 Å². The van der Waals surface area contributed by atoms with Crippen molar-refractivity contribution in [1.29, 1.82) is 0 Å². The van der Waals surface area contributed by atoms with Gasteiger partial charge in [-0.2, -0.15) is 0 Å². The Morgan fingerprint density at radius 2 is 2.14 bits per heavy atom. The summed E-state index contributed by atoms with van der Waals surface area (Å²) < 4.78 is 18.2. The first-order chi connectivity index (χ1) is 6.66. The average Bonchev–Trinajstić information content (AvgIpc) is 2.92. The number of hydrogen-bond donors (Lipinski definition) is 2.